The van der Waals surface area contributed by atoms with Gasteiger partial charge in [-0.2, -0.15) is 0 Å². The number of hydrogen-bond acceptors (Lipinski definition) is 5. The number of likely N-dealkylation sites (tertiary alicyclic amines) is 1. The van der Waals surface area contributed by atoms with E-state index in [2.05, 4.69) is 17.3 Å². The molecule has 1 heterocycles. The van der Waals surface area contributed by atoms with Gasteiger partial charge < -0.3 is 20.6 Å². The third kappa shape index (κ3) is 5.65. The molecule has 6 nitrogen and oxygen atoms in total. The van der Waals surface area contributed by atoms with Crippen LogP contribution < -0.4 is 5.73 Å². The molecule has 3 rings (SSSR count). The minimum Gasteiger partial charge on any atom is -0.396 e. The number of carbonyl (C=O) groups excluding carboxylic acids is 1. The topological polar surface area (TPSA) is 88.2 Å². The van der Waals surface area contributed by atoms with Gasteiger partial charge in [0, 0.05) is 18.7 Å². The lowest BCUT2D eigenvalue weighted by molar-refractivity contribution is 0.0775. The highest BCUT2D eigenvalue weighted by molar-refractivity contribution is 6.00. The predicted molar refractivity (Wildman–Crippen MR) is 114 cm³/mol. The van der Waals surface area contributed by atoms with E-state index in [1.165, 1.54) is 5.56 Å². The summed E-state index contributed by atoms with van der Waals surface area (Å²) in [6.45, 7) is 3.27. The van der Waals surface area contributed by atoms with Gasteiger partial charge >= 0.3 is 0 Å². The summed E-state index contributed by atoms with van der Waals surface area (Å²) < 4.78 is 0. The number of nitrogens with zero attached hydrogens (tertiary/aromatic N) is 2. The Bertz CT molecular complexity index is 836. The van der Waals surface area contributed by atoms with Crippen LogP contribution in [-0.2, 0) is 11.3 Å². The van der Waals surface area contributed by atoms with Crippen molar-refractivity contribution in [3.05, 3.63) is 71.3 Å². The van der Waals surface area contributed by atoms with E-state index >= 15 is 0 Å². The summed E-state index contributed by atoms with van der Waals surface area (Å²) in [5.41, 5.74) is 8.95. The molecule has 1 fully saturated rings. The molecule has 0 spiro atoms. The van der Waals surface area contributed by atoms with Crippen molar-refractivity contribution in [2.75, 3.05) is 26.3 Å². The Hall–Kier alpha value is -2.70. The van der Waals surface area contributed by atoms with Gasteiger partial charge in [-0.1, -0.05) is 47.6 Å². The fraction of sp³-hybridized carbons (Fsp3) is 0.391. The second kappa shape index (κ2) is 9.67. The highest BCUT2D eigenvalue weighted by Gasteiger charge is 2.36. The standard InChI is InChI=1S/C23H29N3O3/c1-18(25-29-15-5-8-19-6-3-2-4-7-19)20-9-11-21(12-10-20)22(28)26-14-13-23(24,16-26)17-27/h2-4,6-7,9-12,27H,5,8,13-17,24H2,1H3/b25-18+. The number of carbonyl (C=O) groups is 1. The van der Waals surface area contributed by atoms with Gasteiger partial charge in [0.05, 0.1) is 17.9 Å². The molecule has 1 atom stereocenters. The van der Waals surface area contributed by atoms with Crippen LogP contribution in [0.4, 0.5) is 0 Å². The molecular weight excluding hydrogens is 366 g/mol. The van der Waals surface area contributed by atoms with Gasteiger partial charge in [0.1, 0.15) is 6.61 Å². The molecule has 6 heteroatoms. The van der Waals surface area contributed by atoms with Crippen LogP contribution >= 0.6 is 0 Å². The van der Waals surface area contributed by atoms with E-state index in [4.69, 9.17) is 10.6 Å². The van der Waals surface area contributed by atoms with E-state index < -0.39 is 5.54 Å². The van der Waals surface area contributed by atoms with Crippen LogP contribution in [0.5, 0.6) is 0 Å². The zero-order valence-electron chi connectivity index (χ0n) is 16.9. The third-order valence-corrected chi connectivity index (χ3v) is 5.28. The summed E-state index contributed by atoms with van der Waals surface area (Å²) in [6.07, 6.45) is 2.48. The number of aryl methyl sites for hydroxylation is 1. The average Bonchev–Trinajstić information content (AvgIpc) is 3.16. The maximum Gasteiger partial charge on any atom is 0.253 e. The fourth-order valence-electron chi connectivity index (χ4n) is 3.42. The molecule has 0 saturated carbocycles. The molecule has 0 bridgehead atoms. The van der Waals surface area contributed by atoms with Gasteiger partial charge in [-0.25, -0.2) is 0 Å². The number of aliphatic hydroxyl groups excluding tert-OH is 1. The van der Waals surface area contributed by atoms with Crippen molar-refractivity contribution >= 4 is 11.6 Å². The maximum absolute atomic E-state index is 12.6. The Morgan fingerprint density at radius 2 is 1.86 bits per heavy atom. The molecule has 1 amide bonds. The summed E-state index contributed by atoms with van der Waals surface area (Å²) >= 11 is 0. The molecule has 0 aliphatic carbocycles. The molecule has 2 aromatic carbocycles. The Kier molecular flexibility index (Phi) is 7.01. The minimum atomic E-state index is -0.684. The second-order valence-corrected chi connectivity index (χ2v) is 7.67. The number of amides is 1. The monoisotopic (exact) mass is 395 g/mol. The fourth-order valence-corrected chi connectivity index (χ4v) is 3.42. The van der Waals surface area contributed by atoms with E-state index in [-0.39, 0.29) is 12.5 Å². The van der Waals surface area contributed by atoms with Crippen molar-refractivity contribution in [2.45, 2.75) is 31.7 Å². The summed E-state index contributed by atoms with van der Waals surface area (Å²) in [5.74, 6) is -0.0657. The zero-order valence-corrected chi connectivity index (χ0v) is 16.9. The zero-order chi connectivity index (χ0) is 20.7. The predicted octanol–water partition coefficient (Wildman–Crippen LogP) is 2.60. The van der Waals surface area contributed by atoms with Crippen LogP contribution in [0.1, 0.15) is 41.3 Å². The van der Waals surface area contributed by atoms with E-state index in [1.807, 2.05) is 37.3 Å². The molecule has 1 saturated heterocycles. The first-order valence-corrected chi connectivity index (χ1v) is 10.0. The summed E-state index contributed by atoms with van der Waals surface area (Å²) in [5, 5.41) is 13.6. The van der Waals surface area contributed by atoms with Crippen molar-refractivity contribution in [2.24, 2.45) is 10.9 Å². The van der Waals surface area contributed by atoms with Gasteiger partial charge in [-0.3, -0.25) is 4.79 Å². The number of aliphatic hydroxyl groups is 1. The third-order valence-electron chi connectivity index (χ3n) is 5.28. The highest BCUT2D eigenvalue weighted by Crippen LogP contribution is 2.20. The molecule has 2 aromatic rings. The quantitative estimate of drug-likeness (QED) is 0.409. The summed E-state index contributed by atoms with van der Waals surface area (Å²) in [6, 6.07) is 17.6. The van der Waals surface area contributed by atoms with Gasteiger partial charge in [0.2, 0.25) is 0 Å². The minimum absolute atomic E-state index is 0.0657. The SMILES string of the molecule is C/C(=N\OCCCc1ccccc1)c1ccc(C(=O)N2CCC(N)(CO)C2)cc1. The first kappa shape index (κ1) is 21.0. The molecule has 0 aromatic heterocycles. The summed E-state index contributed by atoms with van der Waals surface area (Å²) in [4.78, 5) is 19.8. The van der Waals surface area contributed by atoms with E-state index in [0.29, 0.717) is 31.7 Å². The Morgan fingerprint density at radius 3 is 2.52 bits per heavy atom. The van der Waals surface area contributed by atoms with E-state index in [1.54, 1.807) is 17.0 Å². The number of benzene rings is 2. The van der Waals surface area contributed by atoms with Crippen molar-refractivity contribution in [3.8, 4) is 0 Å². The maximum atomic E-state index is 12.6. The molecule has 1 aliphatic rings. The lowest BCUT2D eigenvalue weighted by Gasteiger charge is -2.22. The number of rotatable bonds is 8. The Labute approximate surface area is 172 Å². The van der Waals surface area contributed by atoms with Crippen LogP contribution in [0.15, 0.2) is 59.8 Å². The smallest absolute Gasteiger partial charge is 0.253 e. The van der Waals surface area contributed by atoms with Gasteiger partial charge in [-0.05, 0) is 49.4 Å². The van der Waals surface area contributed by atoms with Crippen molar-refractivity contribution in [1.29, 1.82) is 0 Å². The van der Waals surface area contributed by atoms with Crippen LogP contribution in [0.3, 0.4) is 0 Å². The molecular formula is C23H29N3O3. The lowest BCUT2D eigenvalue weighted by Crippen LogP contribution is -2.46. The van der Waals surface area contributed by atoms with Crippen molar-refractivity contribution < 1.29 is 14.7 Å². The van der Waals surface area contributed by atoms with Crippen LogP contribution in [-0.4, -0.2) is 53.5 Å². The lowest BCUT2D eigenvalue weighted by atomic mass is 10.0. The van der Waals surface area contributed by atoms with Crippen LogP contribution in [0.25, 0.3) is 0 Å². The molecule has 1 aliphatic heterocycles. The molecule has 29 heavy (non-hydrogen) atoms. The Balaban J connectivity index is 1.48. The van der Waals surface area contributed by atoms with Crippen molar-refractivity contribution in [3.63, 3.8) is 0 Å². The largest absolute Gasteiger partial charge is 0.396 e. The van der Waals surface area contributed by atoms with Crippen LogP contribution in [0, 0.1) is 0 Å². The van der Waals surface area contributed by atoms with Crippen molar-refractivity contribution in [1.82, 2.24) is 4.90 Å². The van der Waals surface area contributed by atoms with Crippen LogP contribution in [0.2, 0.25) is 0 Å². The average molecular weight is 396 g/mol. The van der Waals surface area contributed by atoms with E-state index in [0.717, 1.165) is 24.1 Å². The second-order valence-electron chi connectivity index (χ2n) is 7.67. The molecule has 3 N–H and O–H groups in total. The first-order chi connectivity index (χ1) is 14.0. The highest BCUT2D eigenvalue weighted by atomic mass is 16.6. The number of nitrogens with two attached hydrogens (primary N) is 1. The van der Waals surface area contributed by atoms with Gasteiger partial charge in [0.25, 0.3) is 5.91 Å². The normalized spacial score (nSPS) is 19.4. The molecule has 1 unspecified atom stereocenters. The van der Waals surface area contributed by atoms with Gasteiger partial charge in [-0.15, -0.1) is 0 Å². The van der Waals surface area contributed by atoms with E-state index in [9.17, 15) is 9.90 Å². The number of oxime groups is 1. The first-order valence-electron chi connectivity index (χ1n) is 10.0. The molecule has 154 valence electrons. The molecule has 0 radical (unpaired) electrons. The Morgan fingerprint density at radius 1 is 1.17 bits per heavy atom. The number of hydrogen-bond donors (Lipinski definition) is 2. The summed E-state index contributed by atoms with van der Waals surface area (Å²) in [7, 11) is 0. The van der Waals surface area contributed by atoms with Gasteiger partial charge in [0.15, 0.2) is 0 Å².